The molecule has 0 fully saturated rings. The maximum Gasteiger partial charge on any atom is 0.342 e. The summed E-state index contributed by atoms with van der Waals surface area (Å²) in [6.07, 6.45) is 1.66. The summed E-state index contributed by atoms with van der Waals surface area (Å²) >= 11 is 0. The third-order valence-electron chi connectivity index (χ3n) is 3.93. The molecule has 9 nitrogen and oxygen atoms in total. The average molecular weight is 403 g/mol. The molecule has 1 aromatic carbocycles. The molecule has 3 aromatic rings. The summed E-state index contributed by atoms with van der Waals surface area (Å²) < 4.78 is 34.7. The number of primary sulfonamides is 1. The molecule has 0 bridgehead atoms. The van der Waals surface area contributed by atoms with Crippen LogP contribution in [0.4, 0.5) is 0 Å². The molecule has 2 aromatic heterocycles. The summed E-state index contributed by atoms with van der Waals surface area (Å²) in [5, 5.41) is 5.09. The Labute approximate surface area is 160 Å². The molecule has 2 N–H and O–H groups in total. The Balaban J connectivity index is 1.87. The number of fused-ring (bicyclic) bond motifs is 1. The zero-order valence-corrected chi connectivity index (χ0v) is 15.9. The average Bonchev–Trinajstić information content (AvgIpc) is 2.65. The molecule has 0 saturated heterocycles. The summed E-state index contributed by atoms with van der Waals surface area (Å²) in [6.45, 7) is 1.58. The predicted octanol–water partition coefficient (Wildman–Crippen LogP) is 1.02. The van der Waals surface area contributed by atoms with Crippen LogP contribution < -0.4 is 15.4 Å². The zero-order valence-electron chi connectivity index (χ0n) is 15.1. The smallest absolute Gasteiger partial charge is 0.342 e. The SMILES string of the molecule is COc1ccc(S(N)(=O)=O)cc1C(=O)OCc1cc(=O)n2cc(C)ccc2n1. The Morgan fingerprint density at radius 3 is 2.64 bits per heavy atom. The second kappa shape index (κ2) is 7.41. The molecule has 0 aliphatic heterocycles. The second-order valence-corrected chi connectivity index (χ2v) is 7.57. The first-order chi connectivity index (χ1) is 13.2. The lowest BCUT2D eigenvalue weighted by Crippen LogP contribution is -2.17. The van der Waals surface area contributed by atoms with Gasteiger partial charge in [0.05, 0.1) is 17.7 Å². The molecule has 2 heterocycles. The molecular weight excluding hydrogens is 386 g/mol. The van der Waals surface area contributed by atoms with Gasteiger partial charge in [-0.3, -0.25) is 9.20 Å². The van der Waals surface area contributed by atoms with Crippen LogP contribution in [0.25, 0.3) is 5.65 Å². The van der Waals surface area contributed by atoms with Gasteiger partial charge in [0.25, 0.3) is 5.56 Å². The minimum atomic E-state index is -4.00. The molecule has 3 rings (SSSR count). The first-order valence-corrected chi connectivity index (χ1v) is 9.60. The predicted molar refractivity (Wildman–Crippen MR) is 99.7 cm³/mol. The molecule has 0 aliphatic rings. The molecule has 0 atom stereocenters. The highest BCUT2D eigenvalue weighted by Crippen LogP contribution is 2.23. The number of esters is 1. The molecule has 28 heavy (non-hydrogen) atoms. The molecule has 10 heteroatoms. The number of rotatable bonds is 5. The topological polar surface area (TPSA) is 130 Å². The largest absolute Gasteiger partial charge is 0.496 e. The summed E-state index contributed by atoms with van der Waals surface area (Å²) in [6, 6.07) is 8.35. The van der Waals surface area contributed by atoms with E-state index in [0.29, 0.717) is 5.65 Å². The molecule has 0 radical (unpaired) electrons. The monoisotopic (exact) mass is 403 g/mol. The van der Waals surface area contributed by atoms with Crippen LogP contribution in [0.5, 0.6) is 5.75 Å². The third-order valence-corrected chi connectivity index (χ3v) is 4.84. The van der Waals surface area contributed by atoms with E-state index in [1.165, 1.54) is 29.7 Å². The lowest BCUT2D eigenvalue weighted by molar-refractivity contribution is 0.0463. The van der Waals surface area contributed by atoms with Crippen LogP contribution in [0.2, 0.25) is 0 Å². The molecule has 146 valence electrons. The van der Waals surface area contributed by atoms with Crippen molar-refractivity contribution >= 4 is 21.6 Å². The number of pyridine rings is 1. The Hall–Kier alpha value is -3.24. The van der Waals surface area contributed by atoms with E-state index in [1.54, 1.807) is 18.3 Å². The van der Waals surface area contributed by atoms with Crippen LogP contribution in [0.15, 0.2) is 52.3 Å². The molecular formula is C18H17N3O6S. The van der Waals surface area contributed by atoms with Gasteiger partial charge in [-0.2, -0.15) is 0 Å². The van der Waals surface area contributed by atoms with Crippen molar-refractivity contribution in [1.29, 1.82) is 0 Å². The minimum absolute atomic E-state index is 0.109. The van der Waals surface area contributed by atoms with Gasteiger partial charge in [-0.15, -0.1) is 0 Å². The van der Waals surface area contributed by atoms with Crippen molar-refractivity contribution in [3.05, 3.63) is 69.8 Å². The van der Waals surface area contributed by atoms with E-state index in [2.05, 4.69) is 4.98 Å². The number of benzene rings is 1. The summed E-state index contributed by atoms with van der Waals surface area (Å²) in [5.41, 5.74) is 1.15. The van der Waals surface area contributed by atoms with Crippen LogP contribution in [0, 0.1) is 6.92 Å². The van der Waals surface area contributed by atoms with E-state index in [1.807, 2.05) is 6.92 Å². The van der Waals surface area contributed by atoms with Crippen molar-refractivity contribution in [3.63, 3.8) is 0 Å². The van der Waals surface area contributed by atoms with E-state index < -0.39 is 16.0 Å². The number of hydrogen-bond acceptors (Lipinski definition) is 7. The van der Waals surface area contributed by atoms with E-state index in [4.69, 9.17) is 14.6 Å². The fourth-order valence-electron chi connectivity index (χ4n) is 2.57. The van der Waals surface area contributed by atoms with E-state index in [-0.39, 0.29) is 34.1 Å². The fraction of sp³-hybridized carbons (Fsp3) is 0.167. The van der Waals surface area contributed by atoms with Gasteiger partial charge >= 0.3 is 5.97 Å². The molecule has 0 aliphatic carbocycles. The highest BCUT2D eigenvalue weighted by molar-refractivity contribution is 7.89. The van der Waals surface area contributed by atoms with Gasteiger partial charge in [0, 0.05) is 12.3 Å². The summed E-state index contributed by atoms with van der Waals surface area (Å²) in [5.74, 6) is -0.715. The van der Waals surface area contributed by atoms with Gasteiger partial charge in [0.2, 0.25) is 10.0 Å². The van der Waals surface area contributed by atoms with Crippen LogP contribution in [-0.2, 0) is 21.4 Å². The van der Waals surface area contributed by atoms with Crippen molar-refractivity contribution < 1.29 is 22.7 Å². The number of carbonyl (C=O) groups is 1. The molecule has 0 amide bonds. The lowest BCUT2D eigenvalue weighted by atomic mass is 10.2. The molecule has 0 unspecified atom stereocenters. The van der Waals surface area contributed by atoms with Crippen LogP contribution in [0.3, 0.4) is 0 Å². The first-order valence-electron chi connectivity index (χ1n) is 8.06. The maximum absolute atomic E-state index is 12.4. The summed E-state index contributed by atoms with van der Waals surface area (Å²) in [4.78, 5) is 28.7. The van der Waals surface area contributed by atoms with Crippen molar-refractivity contribution in [3.8, 4) is 5.75 Å². The number of aromatic nitrogens is 2. The Kier molecular flexibility index (Phi) is 5.16. The van der Waals surface area contributed by atoms with E-state index in [0.717, 1.165) is 11.6 Å². The number of methoxy groups -OCH3 is 1. The lowest BCUT2D eigenvalue weighted by Gasteiger charge is -2.10. The van der Waals surface area contributed by atoms with E-state index in [9.17, 15) is 18.0 Å². The van der Waals surface area contributed by atoms with Gasteiger partial charge in [-0.1, -0.05) is 6.07 Å². The Morgan fingerprint density at radius 1 is 1.21 bits per heavy atom. The Morgan fingerprint density at radius 2 is 1.96 bits per heavy atom. The van der Waals surface area contributed by atoms with Crippen LogP contribution in [0.1, 0.15) is 21.6 Å². The number of sulfonamides is 1. The zero-order chi connectivity index (χ0) is 20.5. The van der Waals surface area contributed by atoms with Crippen LogP contribution >= 0.6 is 0 Å². The summed E-state index contributed by atoms with van der Waals surface area (Å²) in [7, 11) is -2.67. The van der Waals surface area contributed by atoms with Gasteiger partial charge in [0.1, 0.15) is 23.6 Å². The highest BCUT2D eigenvalue weighted by atomic mass is 32.2. The van der Waals surface area contributed by atoms with Crippen molar-refractivity contribution in [2.75, 3.05) is 7.11 Å². The Bertz CT molecular complexity index is 1230. The van der Waals surface area contributed by atoms with Gasteiger partial charge < -0.3 is 9.47 Å². The second-order valence-electron chi connectivity index (χ2n) is 6.00. The van der Waals surface area contributed by atoms with E-state index >= 15 is 0 Å². The van der Waals surface area contributed by atoms with Gasteiger partial charge in [-0.25, -0.2) is 23.3 Å². The maximum atomic E-state index is 12.4. The number of ether oxygens (including phenoxy) is 2. The van der Waals surface area contributed by atoms with Gasteiger partial charge in [0.15, 0.2) is 0 Å². The quantitative estimate of drug-likeness (QED) is 0.629. The first kappa shape index (κ1) is 19.5. The number of nitrogens with two attached hydrogens (primary N) is 1. The highest BCUT2D eigenvalue weighted by Gasteiger charge is 2.19. The fourth-order valence-corrected chi connectivity index (χ4v) is 3.11. The number of hydrogen-bond donors (Lipinski definition) is 1. The third kappa shape index (κ3) is 4.02. The number of carbonyl (C=O) groups excluding carboxylic acids is 1. The number of aryl methyl sites for hydroxylation is 1. The number of nitrogens with zero attached hydrogens (tertiary/aromatic N) is 2. The molecule has 0 spiro atoms. The van der Waals surface area contributed by atoms with Crippen molar-refractivity contribution in [1.82, 2.24) is 9.38 Å². The minimum Gasteiger partial charge on any atom is -0.496 e. The van der Waals surface area contributed by atoms with Crippen molar-refractivity contribution in [2.45, 2.75) is 18.4 Å². The van der Waals surface area contributed by atoms with Gasteiger partial charge in [-0.05, 0) is 36.8 Å². The van der Waals surface area contributed by atoms with Crippen molar-refractivity contribution in [2.24, 2.45) is 5.14 Å². The van der Waals surface area contributed by atoms with Crippen LogP contribution in [-0.4, -0.2) is 30.9 Å². The normalized spacial score (nSPS) is 11.4. The molecule has 0 saturated carbocycles. The standard InChI is InChI=1S/C18H17N3O6S/c1-11-3-6-16-20-12(7-17(22)21(16)9-11)10-27-18(23)14-8-13(28(19,24)25)4-5-15(14)26-2/h3-9H,10H2,1-2H3,(H2,19,24,25).